The molecule has 1 aromatic heterocycles. The van der Waals surface area contributed by atoms with Crippen molar-refractivity contribution in [2.24, 2.45) is 0 Å². The number of benzene rings is 3. The third kappa shape index (κ3) is 6.24. The molecule has 1 aliphatic rings. The smallest absolute Gasteiger partial charge is 0.301 e. The average Bonchev–Trinajstić information content (AvgIpc) is 3.57. The Morgan fingerprint density at radius 3 is 2.51 bits per heavy atom. The number of ether oxygens (including phenoxy) is 2. The molecule has 210 valence electrons. The van der Waals surface area contributed by atoms with E-state index in [1.165, 1.54) is 35.1 Å². The van der Waals surface area contributed by atoms with Gasteiger partial charge in [0.05, 0.1) is 25.3 Å². The van der Waals surface area contributed by atoms with E-state index in [2.05, 4.69) is 10.2 Å². The highest BCUT2D eigenvalue weighted by atomic mass is 35.5. The fourth-order valence-corrected chi connectivity index (χ4v) is 6.28. The monoisotopic (exact) mass is 607 g/mol. The molecule has 4 aromatic rings. The van der Waals surface area contributed by atoms with Crippen LogP contribution in [0, 0.1) is 0 Å². The van der Waals surface area contributed by atoms with Crippen molar-refractivity contribution in [3.63, 3.8) is 0 Å². The van der Waals surface area contributed by atoms with Gasteiger partial charge in [-0.1, -0.05) is 65.9 Å². The number of rotatable bonds is 10. The van der Waals surface area contributed by atoms with Gasteiger partial charge in [0.1, 0.15) is 17.3 Å². The molecule has 41 heavy (non-hydrogen) atoms. The van der Waals surface area contributed by atoms with E-state index in [-0.39, 0.29) is 16.5 Å². The van der Waals surface area contributed by atoms with Crippen molar-refractivity contribution in [2.45, 2.75) is 29.5 Å². The molecule has 1 aliphatic heterocycles. The van der Waals surface area contributed by atoms with E-state index in [1.54, 1.807) is 42.5 Å². The minimum Gasteiger partial charge on any atom is -0.507 e. The van der Waals surface area contributed by atoms with Crippen molar-refractivity contribution < 1.29 is 24.2 Å². The van der Waals surface area contributed by atoms with Crippen molar-refractivity contribution in [3.05, 3.63) is 100 Å². The zero-order valence-electron chi connectivity index (χ0n) is 22.2. The maximum atomic E-state index is 13.5. The lowest BCUT2D eigenvalue weighted by Crippen LogP contribution is -2.29. The van der Waals surface area contributed by atoms with E-state index in [0.717, 1.165) is 12.0 Å². The van der Waals surface area contributed by atoms with Crippen LogP contribution < -0.4 is 14.4 Å². The first-order chi connectivity index (χ1) is 19.9. The van der Waals surface area contributed by atoms with E-state index in [1.807, 2.05) is 37.3 Å². The second-order valence-corrected chi connectivity index (χ2v) is 11.7. The Bertz CT molecular complexity index is 1590. The van der Waals surface area contributed by atoms with Gasteiger partial charge in [-0.15, -0.1) is 10.2 Å². The Balaban J connectivity index is 1.54. The highest BCUT2D eigenvalue weighted by molar-refractivity contribution is 8.00. The normalized spacial score (nSPS) is 16.3. The first kappa shape index (κ1) is 28.7. The summed E-state index contributed by atoms with van der Waals surface area (Å²) in [6, 6.07) is 20.4. The lowest BCUT2D eigenvalue weighted by Gasteiger charge is -2.23. The van der Waals surface area contributed by atoms with Crippen LogP contribution in [0.25, 0.3) is 5.76 Å². The molecular formula is C30H26ClN3O5S2. The van der Waals surface area contributed by atoms with Crippen molar-refractivity contribution >= 4 is 57.3 Å². The number of aliphatic hydroxyl groups excluding tert-OH is 1. The van der Waals surface area contributed by atoms with Gasteiger partial charge in [-0.3, -0.25) is 14.5 Å². The number of carbonyl (C=O) groups excluding carboxylic acids is 2. The van der Waals surface area contributed by atoms with Crippen LogP contribution in [-0.2, 0) is 15.3 Å². The molecule has 5 rings (SSSR count). The molecule has 1 fully saturated rings. The van der Waals surface area contributed by atoms with E-state index in [4.69, 9.17) is 21.1 Å². The van der Waals surface area contributed by atoms with E-state index in [9.17, 15) is 14.7 Å². The second-order valence-electron chi connectivity index (χ2n) is 9.08. The van der Waals surface area contributed by atoms with Crippen LogP contribution in [0.15, 0.2) is 82.7 Å². The van der Waals surface area contributed by atoms with Gasteiger partial charge < -0.3 is 14.6 Å². The summed E-state index contributed by atoms with van der Waals surface area (Å²) >= 11 is 8.66. The largest absolute Gasteiger partial charge is 0.507 e. The molecule has 1 saturated heterocycles. The van der Waals surface area contributed by atoms with Crippen molar-refractivity contribution in [1.29, 1.82) is 0 Å². The molecule has 2 heterocycles. The van der Waals surface area contributed by atoms with Crippen LogP contribution in [0.2, 0.25) is 5.02 Å². The standard InChI is InChI=1S/C30H26ClN3O5S2/c1-3-15-39-23-6-4-5-20(16-23)25-24(26(35)19-9-13-22(38-2)14-10-19)27(36)28(37)34(25)29-32-33-30(41-29)40-17-18-7-11-21(31)12-8-18/h4-14,16,25,35H,3,15,17H2,1-2H3/b26-24+. The average molecular weight is 608 g/mol. The Hall–Kier alpha value is -3.86. The molecule has 3 aromatic carbocycles. The van der Waals surface area contributed by atoms with Crippen LogP contribution in [0.1, 0.15) is 36.1 Å². The molecule has 0 spiro atoms. The summed E-state index contributed by atoms with van der Waals surface area (Å²) in [6.07, 6.45) is 0.821. The quantitative estimate of drug-likeness (QED) is 0.0682. The number of amides is 1. The Morgan fingerprint density at radius 2 is 1.80 bits per heavy atom. The number of hydrogen-bond donors (Lipinski definition) is 1. The molecular weight excluding hydrogens is 582 g/mol. The number of anilines is 1. The van der Waals surface area contributed by atoms with E-state index in [0.29, 0.717) is 44.3 Å². The van der Waals surface area contributed by atoms with Crippen LogP contribution in [0.3, 0.4) is 0 Å². The first-order valence-electron chi connectivity index (χ1n) is 12.8. The van der Waals surface area contributed by atoms with Crippen LogP contribution >= 0.6 is 34.7 Å². The second kappa shape index (κ2) is 12.8. The minimum absolute atomic E-state index is 0.0432. The highest BCUT2D eigenvalue weighted by Gasteiger charge is 2.48. The van der Waals surface area contributed by atoms with Gasteiger partial charge in [-0.25, -0.2) is 0 Å². The molecule has 0 saturated carbocycles. The van der Waals surface area contributed by atoms with Crippen molar-refractivity contribution in [2.75, 3.05) is 18.6 Å². The number of thioether (sulfide) groups is 1. The third-order valence-electron chi connectivity index (χ3n) is 6.33. The van der Waals surface area contributed by atoms with Crippen LogP contribution in [-0.4, -0.2) is 40.7 Å². The Morgan fingerprint density at radius 1 is 1.05 bits per heavy atom. The molecule has 1 N–H and O–H groups in total. The molecule has 0 aliphatic carbocycles. The lowest BCUT2D eigenvalue weighted by atomic mass is 9.95. The lowest BCUT2D eigenvalue weighted by molar-refractivity contribution is -0.132. The number of hydrogen-bond acceptors (Lipinski definition) is 9. The number of methoxy groups -OCH3 is 1. The van der Waals surface area contributed by atoms with Gasteiger partial charge >= 0.3 is 5.91 Å². The minimum atomic E-state index is -0.940. The van der Waals surface area contributed by atoms with E-state index >= 15 is 0 Å². The molecule has 11 heteroatoms. The SMILES string of the molecule is CCCOc1cccc(C2/C(=C(\O)c3ccc(OC)cc3)C(=O)C(=O)N2c2nnc(SCc3ccc(Cl)cc3)s2)c1. The summed E-state index contributed by atoms with van der Waals surface area (Å²) in [7, 11) is 1.54. The first-order valence-corrected chi connectivity index (χ1v) is 15.0. The number of aliphatic hydroxyl groups is 1. The Kier molecular flexibility index (Phi) is 8.92. The fourth-order valence-electron chi connectivity index (χ4n) is 4.33. The van der Waals surface area contributed by atoms with Gasteiger partial charge in [-0.2, -0.15) is 0 Å². The molecule has 0 radical (unpaired) electrons. The van der Waals surface area contributed by atoms with Gasteiger partial charge in [-0.05, 0) is 66.1 Å². The number of ketones is 1. The van der Waals surface area contributed by atoms with Gasteiger partial charge in [0, 0.05) is 16.3 Å². The number of nitrogens with zero attached hydrogens (tertiary/aromatic N) is 3. The number of halogens is 1. The molecule has 8 nitrogen and oxygen atoms in total. The maximum Gasteiger partial charge on any atom is 0.301 e. The van der Waals surface area contributed by atoms with E-state index < -0.39 is 17.7 Å². The fraction of sp³-hybridized carbons (Fsp3) is 0.200. The zero-order chi connectivity index (χ0) is 28.9. The van der Waals surface area contributed by atoms with Crippen LogP contribution in [0.4, 0.5) is 5.13 Å². The van der Waals surface area contributed by atoms with Gasteiger partial charge in [0.25, 0.3) is 5.78 Å². The zero-order valence-corrected chi connectivity index (χ0v) is 24.6. The molecule has 1 unspecified atom stereocenters. The predicted octanol–water partition coefficient (Wildman–Crippen LogP) is 6.91. The maximum absolute atomic E-state index is 13.5. The number of carbonyl (C=O) groups is 2. The number of aromatic nitrogens is 2. The summed E-state index contributed by atoms with van der Waals surface area (Å²) in [5, 5.41) is 20.8. The number of Topliss-reactive ketones (excluding diaryl/α,β-unsaturated/α-hetero) is 1. The summed E-state index contributed by atoms with van der Waals surface area (Å²) in [5.74, 6) is -0.0838. The topological polar surface area (TPSA) is 102 Å². The summed E-state index contributed by atoms with van der Waals surface area (Å²) in [6.45, 7) is 2.52. The highest BCUT2D eigenvalue weighted by Crippen LogP contribution is 2.44. The van der Waals surface area contributed by atoms with Gasteiger partial charge in [0.2, 0.25) is 5.13 Å². The molecule has 0 bridgehead atoms. The van der Waals surface area contributed by atoms with Crippen molar-refractivity contribution in [3.8, 4) is 11.5 Å². The van der Waals surface area contributed by atoms with Crippen molar-refractivity contribution in [1.82, 2.24) is 10.2 Å². The molecule has 1 atom stereocenters. The van der Waals surface area contributed by atoms with Gasteiger partial charge in [0.15, 0.2) is 4.34 Å². The third-order valence-corrected chi connectivity index (χ3v) is 8.71. The predicted molar refractivity (Wildman–Crippen MR) is 161 cm³/mol. The molecule has 1 amide bonds. The summed E-state index contributed by atoms with van der Waals surface area (Å²) in [5.41, 5.74) is 1.99. The Labute approximate surface area is 250 Å². The summed E-state index contributed by atoms with van der Waals surface area (Å²) in [4.78, 5) is 28.3. The van der Waals surface area contributed by atoms with Crippen LogP contribution in [0.5, 0.6) is 11.5 Å². The summed E-state index contributed by atoms with van der Waals surface area (Å²) < 4.78 is 11.7.